The second-order valence-electron chi connectivity index (χ2n) is 8.96. The Morgan fingerprint density at radius 3 is 2.70 bits per heavy atom. The lowest BCUT2D eigenvalue weighted by molar-refractivity contribution is -0.135. The summed E-state index contributed by atoms with van der Waals surface area (Å²) >= 11 is 1.65. The zero-order valence-corrected chi connectivity index (χ0v) is 21.9. The molecule has 0 saturated heterocycles. The largest absolute Gasteiger partial charge is 0.488 e. The highest BCUT2D eigenvalue weighted by molar-refractivity contribution is 7.10. The monoisotopic (exact) mass is 525 g/mol. The number of hydrogen-bond donors (Lipinski definition) is 1. The van der Waals surface area contributed by atoms with Crippen molar-refractivity contribution in [1.29, 1.82) is 0 Å². The molecule has 0 aliphatic carbocycles. The molecule has 1 aromatic heterocycles. The second-order valence-corrected chi connectivity index (χ2v) is 9.96. The van der Waals surface area contributed by atoms with Gasteiger partial charge in [0, 0.05) is 37.4 Å². The van der Waals surface area contributed by atoms with Crippen molar-refractivity contribution in [1.82, 2.24) is 9.80 Å². The first-order chi connectivity index (χ1) is 18.0. The molecule has 37 heavy (non-hydrogen) atoms. The van der Waals surface area contributed by atoms with Gasteiger partial charge in [0.25, 0.3) is 0 Å². The molecule has 1 aliphatic heterocycles. The van der Waals surface area contributed by atoms with Gasteiger partial charge in [-0.1, -0.05) is 29.8 Å². The van der Waals surface area contributed by atoms with Crippen LogP contribution in [-0.2, 0) is 16.0 Å². The van der Waals surface area contributed by atoms with E-state index in [1.807, 2.05) is 42.6 Å². The number of fused-ring (bicyclic) bond motifs is 1. The zero-order chi connectivity index (χ0) is 26.2. The number of aryl methyl sites for hydroxylation is 1. The first-order valence-electron chi connectivity index (χ1n) is 12.3. The van der Waals surface area contributed by atoms with Gasteiger partial charge < -0.3 is 24.6 Å². The van der Waals surface area contributed by atoms with Gasteiger partial charge in [0.15, 0.2) is 11.6 Å². The van der Waals surface area contributed by atoms with E-state index in [1.54, 1.807) is 41.5 Å². The SMILES string of the molecule is COCCCN(CC(=O)N1CCc2sccc2C1COc1ccccc1F)C(=O)Nc1ccc(C)cc1. The molecule has 2 aromatic carbocycles. The van der Waals surface area contributed by atoms with Crippen molar-refractivity contribution in [2.75, 3.05) is 45.3 Å². The van der Waals surface area contributed by atoms with Crippen LogP contribution in [0.4, 0.5) is 14.9 Å². The fourth-order valence-electron chi connectivity index (χ4n) is 4.35. The highest BCUT2D eigenvalue weighted by atomic mass is 32.1. The number of carbonyl (C=O) groups is 2. The van der Waals surface area contributed by atoms with E-state index in [2.05, 4.69) is 5.32 Å². The lowest BCUT2D eigenvalue weighted by Gasteiger charge is -2.37. The number of rotatable bonds is 10. The van der Waals surface area contributed by atoms with Crippen molar-refractivity contribution in [3.8, 4) is 5.75 Å². The molecule has 1 aliphatic rings. The van der Waals surface area contributed by atoms with Gasteiger partial charge >= 0.3 is 6.03 Å². The van der Waals surface area contributed by atoms with Crippen LogP contribution in [0.15, 0.2) is 60.0 Å². The molecule has 0 spiro atoms. The minimum absolute atomic E-state index is 0.0862. The molecule has 3 amide bonds. The third-order valence-corrected chi connectivity index (χ3v) is 7.34. The van der Waals surface area contributed by atoms with E-state index in [9.17, 15) is 14.0 Å². The topological polar surface area (TPSA) is 71.1 Å². The maximum absolute atomic E-state index is 14.2. The predicted molar refractivity (Wildman–Crippen MR) is 143 cm³/mol. The molecule has 9 heteroatoms. The summed E-state index contributed by atoms with van der Waals surface area (Å²) in [6, 6.07) is 15.0. The average Bonchev–Trinajstić information content (AvgIpc) is 3.38. The number of carbonyl (C=O) groups excluding carboxylic acids is 2. The molecule has 0 bridgehead atoms. The number of hydrogen-bond acceptors (Lipinski definition) is 5. The number of urea groups is 1. The van der Waals surface area contributed by atoms with Crippen molar-refractivity contribution in [2.24, 2.45) is 0 Å². The number of nitrogens with zero attached hydrogens (tertiary/aromatic N) is 2. The standard InChI is InChI=1S/C28H32FN3O4S/c1-20-8-10-21(11-9-20)30-28(34)31(14-5-16-35-2)18-27(33)32-15-12-26-22(13-17-37-26)24(32)19-36-25-7-4-3-6-23(25)29/h3-4,6-11,13,17,24H,5,12,14-16,18-19H2,1-2H3,(H,30,34). The van der Waals surface area contributed by atoms with Crippen molar-refractivity contribution in [3.05, 3.63) is 81.8 Å². The lowest BCUT2D eigenvalue weighted by atomic mass is 10.0. The Hall–Kier alpha value is -3.43. The number of methoxy groups -OCH3 is 1. The summed E-state index contributed by atoms with van der Waals surface area (Å²) in [7, 11) is 1.61. The van der Waals surface area contributed by atoms with E-state index < -0.39 is 5.82 Å². The Morgan fingerprint density at radius 2 is 1.95 bits per heavy atom. The minimum Gasteiger partial charge on any atom is -0.488 e. The molecule has 4 rings (SSSR count). The van der Waals surface area contributed by atoms with Gasteiger partial charge in [0.2, 0.25) is 5.91 Å². The van der Waals surface area contributed by atoms with Crippen LogP contribution in [0.1, 0.15) is 28.5 Å². The average molecular weight is 526 g/mol. The molecule has 0 fully saturated rings. The Kier molecular flexibility index (Phi) is 9.14. The van der Waals surface area contributed by atoms with Gasteiger partial charge in [-0.15, -0.1) is 11.3 Å². The number of amides is 3. The van der Waals surface area contributed by atoms with E-state index in [-0.39, 0.29) is 36.9 Å². The van der Waals surface area contributed by atoms with Crippen molar-refractivity contribution >= 4 is 29.0 Å². The van der Waals surface area contributed by atoms with Crippen molar-refractivity contribution < 1.29 is 23.5 Å². The number of ether oxygens (including phenoxy) is 2. The van der Waals surface area contributed by atoms with Crippen LogP contribution in [0.5, 0.6) is 5.75 Å². The number of halogens is 1. The Morgan fingerprint density at radius 1 is 1.16 bits per heavy atom. The van der Waals surface area contributed by atoms with Crippen LogP contribution in [0.2, 0.25) is 0 Å². The number of anilines is 1. The fourth-order valence-corrected chi connectivity index (χ4v) is 5.28. The highest BCUT2D eigenvalue weighted by Crippen LogP contribution is 2.34. The molecule has 196 valence electrons. The lowest BCUT2D eigenvalue weighted by Crippen LogP contribution is -2.49. The van der Waals surface area contributed by atoms with Crippen LogP contribution in [-0.4, -0.2) is 61.7 Å². The Balaban J connectivity index is 1.49. The summed E-state index contributed by atoms with van der Waals surface area (Å²) < 4.78 is 25.2. The maximum Gasteiger partial charge on any atom is 0.322 e. The molecule has 3 aromatic rings. The van der Waals surface area contributed by atoms with E-state index in [0.717, 1.165) is 17.5 Å². The maximum atomic E-state index is 14.2. The highest BCUT2D eigenvalue weighted by Gasteiger charge is 2.33. The smallest absolute Gasteiger partial charge is 0.322 e. The van der Waals surface area contributed by atoms with Gasteiger partial charge in [-0.25, -0.2) is 9.18 Å². The second kappa shape index (κ2) is 12.7. The molecular weight excluding hydrogens is 493 g/mol. The minimum atomic E-state index is -0.446. The van der Waals surface area contributed by atoms with Crippen molar-refractivity contribution in [3.63, 3.8) is 0 Å². The third kappa shape index (κ3) is 6.87. The normalized spacial score (nSPS) is 14.7. The number of para-hydroxylation sites is 1. The van der Waals surface area contributed by atoms with Gasteiger partial charge in [0.1, 0.15) is 13.2 Å². The molecule has 1 unspecified atom stereocenters. The summed E-state index contributed by atoms with van der Waals surface area (Å²) in [5.41, 5.74) is 2.76. The van der Waals surface area contributed by atoms with Gasteiger partial charge in [0.05, 0.1) is 6.04 Å². The number of thiophene rings is 1. The first-order valence-corrected chi connectivity index (χ1v) is 13.2. The predicted octanol–water partition coefficient (Wildman–Crippen LogP) is 5.27. The van der Waals surface area contributed by atoms with Crippen LogP contribution in [0.25, 0.3) is 0 Å². The molecule has 1 atom stereocenters. The van der Waals surface area contributed by atoms with E-state index in [4.69, 9.17) is 9.47 Å². The summed E-state index contributed by atoms with van der Waals surface area (Å²) in [4.78, 5) is 31.2. The quantitative estimate of drug-likeness (QED) is 0.366. The first kappa shape index (κ1) is 26.6. The summed E-state index contributed by atoms with van der Waals surface area (Å²) in [6.45, 7) is 3.36. The fraction of sp³-hybridized carbons (Fsp3) is 0.357. The zero-order valence-electron chi connectivity index (χ0n) is 21.1. The number of nitrogens with one attached hydrogen (secondary N) is 1. The van der Waals surface area contributed by atoms with Crippen LogP contribution < -0.4 is 10.1 Å². The van der Waals surface area contributed by atoms with Gasteiger partial charge in [-0.3, -0.25) is 4.79 Å². The summed E-state index contributed by atoms with van der Waals surface area (Å²) in [5, 5.41) is 4.89. The van der Waals surface area contributed by atoms with Crippen LogP contribution >= 0.6 is 11.3 Å². The number of benzene rings is 2. The molecule has 0 saturated carbocycles. The Bertz CT molecular complexity index is 1200. The molecule has 0 radical (unpaired) electrons. The van der Waals surface area contributed by atoms with Crippen molar-refractivity contribution in [2.45, 2.75) is 25.8 Å². The van der Waals surface area contributed by atoms with Gasteiger partial charge in [-0.05, 0) is 61.0 Å². The van der Waals surface area contributed by atoms with E-state index in [1.165, 1.54) is 15.8 Å². The summed E-state index contributed by atoms with van der Waals surface area (Å²) in [6.07, 6.45) is 1.33. The van der Waals surface area contributed by atoms with Crippen LogP contribution in [0.3, 0.4) is 0 Å². The molecule has 1 N–H and O–H groups in total. The molecule has 7 nitrogen and oxygen atoms in total. The Labute approximate surface area is 220 Å². The van der Waals surface area contributed by atoms with Crippen LogP contribution in [0, 0.1) is 12.7 Å². The third-order valence-electron chi connectivity index (χ3n) is 6.34. The summed E-state index contributed by atoms with van der Waals surface area (Å²) in [5.74, 6) is -0.481. The van der Waals surface area contributed by atoms with Gasteiger partial charge in [-0.2, -0.15) is 0 Å². The molecule has 2 heterocycles. The van der Waals surface area contributed by atoms with E-state index in [0.29, 0.717) is 31.8 Å². The molecular formula is C28H32FN3O4S. The van der Waals surface area contributed by atoms with E-state index >= 15 is 0 Å².